The van der Waals surface area contributed by atoms with E-state index < -0.39 is 0 Å². The third-order valence-electron chi connectivity index (χ3n) is 6.11. The van der Waals surface area contributed by atoms with Crippen LogP contribution in [0.25, 0.3) is 33.0 Å². The molecule has 166 valence electrons. The summed E-state index contributed by atoms with van der Waals surface area (Å²) in [7, 11) is 0. The van der Waals surface area contributed by atoms with E-state index in [1.165, 1.54) is 38.6 Å². The van der Waals surface area contributed by atoms with Gasteiger partial charge in [-0.25, -0.2) is 0 Å². The lowest BCUT2D eigenvalue weighted by Gasteiger charge is -2.16. The molecule has 0 saturated heterocycles. The Morgan fingerprint density at radius 3 is 2.06 bits per heavy atom. The molecule has 1 atom stereocenters. The number of thioether (sulfide) groups is 1. The zero-order valence-corrected chi connectivity index (χ0v) is 19.8. The summed E-state index contributed by atoms with van der Waals surface area (Å²) in [5.41, 5.74) is 6.89. The Balaban J connectivity index is 1.42. The molecule has 5 rings (SSSR count). The molecule has 0 fully saturated rings. The second-order valence-corrected chi connectivity index (χ2v) is 9.11. The average molecular weight is 459 g/mol. The van der Waals surface area contributed by atoms with Gasteiger partial charge in [-0.15, -0.1) is 11.8 Å². The van der Waals surface area contributed by atoms with Crippen LogP contribution in [0, 0.1) is 5.41 Å². The molecule has 0 aliphatic carbocycles. The summed E-state index contributed by atoms with van der Waals surface area (Å²) in [5.74, 6) is 0. The number of fused-ring (bicyclic) bond motifs is 1. The Labute approximate surface area is 205 Å². The molecule has 0 aliphatic rings. The first-order chi connectivity index (χ1) is 16.7. The first-order valence-corrected chi connectivity index (χ1v) is 12.6. The van der Waals surface area contributed by atoms with Crippen molar-refractivity contribution in [1.29, 1.82) is 5.41 Å². The van der Waals surface area contributed by atoms with Gasteiger partial charge in [0.05, 0.1) is 6.04 Å². The molecule has 2 N–H and O–H groups in total. The summed E-state index contributed by atoms with van der Waals surface area (Å²) in [6, 6.07) is 40.2. The van der Waals surface area contributed by atoms with Crippen molar-refractivity contribution in [3.05, 3.63) is 121 Å². The minimum atomic E-state index is -0.156. The molecule has 0 saturated carbocycles. The van der Waals surface area contributed by atoms with Gasteiger partial charge in [-0.2, -0.15) is 0 Å². The normalized spacial score (nSPS) is 11.8. The predicted molar refractivity (Wildman–Crippen MR) is 148 cm³/mol. The van der Waals surface area contributed by atoms with Gasteiger partial charge in [0.1, 0.15) is 0 Å². The lowest BCUT2D eigenvalue weighted by atomic mass is 9.98. The zero-order valence-electron chi connectivity index (χ0n) is 19.0. The first kappa shape index (κ1) is 22.0. The highest BCUT2D eigenvalue weighted by Gasteiger charge is 2.10. The Morgan fingerprint density at radius 1 is 0.676 bits per heavy atom. The van der Waals surface area contributed by atoms with Gasteiger partial charge >= 0.3 is 0 Å². The fourth-order valence-electron chi connectivity index (χ4n) is 4.31. The molecule has 0 amide bonds. The molecule has 0 aromatic heterocycles. The monoisotopic (exact) mass is 458 g/mol. The molecule has 0 heterocycles. The van der Waals surface area contributed by atoms with Crippen LogP contribution in [0.4, 0.5) is 5.69 Å². The minimum Gasteiger partial charge on any atom is -0.373 e. The summed E-state index contributed by atoms with van der Waals surface area (Å²) >= 11 is 1.79. The molecular weight excluding hydrogens is 432 g/mol. The largest absolute Gasteiger partial charge is 0.373 e. The Hall–Kier alpha value is -3.82. The van der Waals surface area contributed by atoms with E-state index in [1.807, 2.05) is 30.3 Å². The van der Waals surface area contributed by atoms with Crippen LogP contribution in [0.2, 0.25) is 0 Å². The Kier molecular flexibility index (Phi) is 6.46. The molecule has 0 bridgehead atoms. The number of anilines is 1. The number of hydrogen-bond acceptors (Lipinski definition) is 3. The lowest BCUT2D eigenvalue weighted by molar-refractivity contribution is 1.05. The highest BCUT2D eigenvalue weighted by atomic mass is 32.2. The number of benzene rings is 5. The van der Waals surface area contributed by atoms with E-state index in [9.17, 15) is 0 Å². The average Bonchev–Trinajstić information content (AvgIpc) is 2.91. The minimum absolute atomic E-state index is 0.156. The predicted octanol–water partition coefficient (Wildman–Crippen LogP) is 8.70. The van der Waals surface area contributed by atoms with Gasteiger partial charge in [0.2, 0.25) is 0 Å². The number of hydrogen-bond donors (Lipinski definition) is 2. The van der Waals surface area contributed by atoms with Crippen molar-refractivity contribution in [2.75, 3.05) is 11.6 Å². The van der Waals surface area contributed by atoms with Crippen LogP contribution in [-0.2, 0) is 0 Å². The van der Waals surface area contributed by atoms with Crippen molar-refractivity contribution >= 4 is 34.4 Å². The quantitative estimate of drug-likeness (QED) is 0.189. The molecule has 3 heteroatoms. The maximum atomic E-state index is 7.86. The zero-order chi connectivity index (χ0) is 23.3. The fourth-order valence-corrected chi connectivity index (χ4v) is 4.95. The van der Waals surface area contributed by atoms with Gasteiger partial charge in [-0.3, -0.25) is 0 Å². The maximum Gasteiger partial charge on any atom is 0.0862 e. The topological polar surface area (TPSA) is 35.9 Å². The van der Waals surface area contributed by atoms with Gasteiger partial charge in [0.15, 0.2) is 0 Å². The molecule has 5 aromatic rings. The van der Waals surface area contributed by atoms with Gasteiger partial charge in [0, 0.05) is 16.8 Å². The summed E-state index contributed by atoms with van der Waals surface area (Å²) in [5, 5.41) is 13.9. The second kappa shape index (κ2) is 9.98. The van der Waals surface area contributed by atoms with Crippen molar-refractivity contribution < 1.29 is 0 Å². The van der Waals surface area contributed by atoms with Crippen molar-refractivity contribution in [2.45, 2.75) is 10.9 Å². The molecule has 34 heavy (non-hydrogen) atoms. The van der Waals surface area contributed by atoms with Gasteiger partial charge in [-0.1, -0.05) is 91.0 Å². The molecular formula is C31H26N2S. The van der Waals surface area contributed by atoms with Crippen LogP contribution >= 0.6 is 11.8 Å². The third kappa shape index (κ3) is 4.61. The maximum absolute atomic E-state index is 7.86. The van der Waals surface area contributed by atoms with Crippen molar-refractivity contribution in [3.63, 3.8) is 0 Å². The summed E-state index contributed by atoms with van der Waals surface area (Å²) in [6.07, 6.45) is 3.58. The fraction of sp³-hybridized carbons (Fsp3) is 0.0645. The van der Waals surface area contributed by atoms with Crippen molar-refractivity contribution in [3.8, 4) is 22.3 Å². The molecule has 0 spiro atoms. The lowest BCUT2D eigenvalue weighted by Crippen LogP contribution is -2.11. The van der Waals surface area contributed by atoms with Gasteiger partial charge < -0.3 is 10.7 Å². The van der Waals surface area contributed by atoms with Crippen LogP contribution in [0.1, 0.15) is 11.6 Å². The summed E-state index contributed by atoms with van der Waals surface area (Å²) in [4.78, 5) is 1.29. The Bertz CT molecular complexity index is 1430. The molecule has 0 aliphatic heterocycles. The molecule has 5 aromatic carbocycles. The highest BCUT2D eigenvalue weighted by Crippen LogP contribution is 2.35. The van der Waals surface area contributed by atoms with E-state index in [1.54, 1.807) is 11.8 Å². The first-order valence-electron chi connectivity index (χ1n) is 11.3. The van der Waals surface area contributed by atoms with Crippen molar-refractivity contribution in [1.82, 2.24) is 0 Å². The van der Waals surface area contributed by atoms with E-state index in [4.69, 9.17) is 5.41 Å². The number of rotatable bonds is 7. The smallest absolute Gasteiger partial charge is 0.0862 e. The van der Waals surface area contributed by atoms with E-state index in [0.29, 0.717) is 0 Å². The molecule has 1 unspecified atom stereocenters. The van der Waals surface area contributed by atoms with Crippen LogP contribution in [-0.4, -0.2) is 12.5 Å². The van der Waals surface area contributed by atoms with Gasteiger partial charge in [0.25, 0.3) is 0 Å². The van der Waals surface area contributed by atoms with Gasteiger partial charge in [-0.05, 0) is 69.1 Å². The third-order valence-corrected chi connectivity index (χ3v) is 6.88. The molecule has 0 radical (unpaired) electrons. The molecule has 2 nitrogen and oxygen atoms in total. The van der Waals surface area contributed by atoms with Crippen LogP contribution in [0.15, 0.2) is 120 Å². The standard InChI is InChI=1S/C31H26N2S/c1-34-31-20-27-11-6-5-10-26(27)19-29(31)23-16-14-22(15-17-23)25-12-7-13-28(18-25)33-30(21-32)24-8-3-2-4-9-24/h2-21,30,32-33H,1H3. The summed E-state index contributed by atoms with van der Waals surface area (Å²) in [6.45, 7) is 0. The van der Waals surface area contributed by atoms with E-state index in [-0.39, 0.29) is 6.04 Å². The number of nitrogens with one attached hydrogen (secondary N) is 2. The second-order valence-electron chi connectivity index (χ2n) is 8.26. The SMILES string of the molecule is CSc1cc2ccccc2cc1-c1ccc(-c2cccc(NC(C=N)c3ccccc3)c2)cc1. The van der Waals surface area contributed by atoms with E-state index >= 15 is 0 Å². The van der Waals surface area contributed by atoms with Crippen molar-refractivity contribution in [2.24, 2.45) is 0 Å². The summed E-state index contributed by atoms with van der Waals surface area (Å²) < 4.78 is 0. The highest BCUT2D eigenvalue weighted by molar-refractivity contribution is 7.98. The van der Waals surface area contributed by atoms with E-state index in [2.05, 4.69) is 96.5 Å². The van der Waals surface area contributed by atoms with Crippen LogP contribution < -0.4 is 5.32 Å². The van der Waals surface area contributed by atoms with Crippen LogP contribution in [0.3, 0.4) is 0 Å². The van der Waals surface area contributed by atoms with Crippen LogP contribution in [0.5, 0.6) is 0 Å². The Morgan fingerprint density at radius 2 is 1.35 bits per heavy atom. The van der Waals surface area contributed by atoms with E-state index in [0.717, 1.165) is 16.8 Å².